The number of hydrogen-bond donors (Lipinski definition) is 2. The first-order valence-corrected chi connectivity index (χ1v) is 7.36. The van der Waals surface area contributed by atoms with Gasteiger partial charge in [-0.25, -0.2) is 0 Å². The van der Waals surface area contributed by atoms with Crippen molar-refractivity contribution in [2.45, 2.75) is 39.7 Å². The molecule has 1 amide bonds. The molecule has 1 aromatic rings. The smallest absolute Gasteiger partial charge is 0.270 e. The van der Waals surface area contributed by atoms with Crippen LogP contribution in [0.15, 0.2) is 18.2 Å². The maximum absolute atomic E-state index is 12.1. The molecule has 1 rings (SSSR count). The topological polar surface area (TPSA) is 92.5 Å². The Balaban J connectivity index is 2.78. The lowest BCUT2D eigenvalue weighted by Crippen LogP contribution is -2.44. The average molecular weight is 329 g/mol. The van der Waals surface area contributed by atoms with Gasteiger partial charge in [-0.15, -0.1) is 0 Å². The summed E-state index contributed by atoms with van der Waals surface area (Å²) in [4.78, 5) is 22.3. The zero-order valence-corrected chi connectivity index (χ0v) is 13.7. The van der Waals surface area contributed by atoms with Crippen LogP contribution in [0.4, 0.5) is 5.69 Å². The lowest BCUT2D eigenvalue weighted by Gasteiger charge is -2.31. The first-order chi connectivity index (χ1) is 10.1. The van der Waals surface area contributed by atoms with Crippen LogP contribution in [0.25, 0.3) is 0 Å². The lowest BCUT2D eigenvalue weighted by atomic mass is 9.85. The van der Waals surface area contributed by atoms with Crippen LogP contribution in [-0.2, 0) is 11.2 Å². The maximum atomic E-state index is 12.1. The van der Waals surface area contributed by atoms with E-state index in [9.17, 15) is 14.9 Å². The molecule has 1 atom stereocenters. The van der Waals surface area contributed by atoms with Crippen LogP contribution < -0.4 is 5.32 Å². The standard InChI is InChI=1S/C15H21ClN2O4/c1-15(2,3)13(6-7-19)17-14(20)8-10-4-5-11(18(21)22)9-12(10)16/h4-5,9,13,19H,6-8H2,1-3H3,(H,17,20). The Hall–Kier alpha value is -1.66. The molecular formula is C15H21ClN2O4. The Bertz CT molecular complexity index is 555. The second-order valence-electron chi connectivity index (χ2n) is 6.21. The quantitative estimate of drug-likeness (QED) is 0.620. The SMILES string of the molecule is CC(C)(C)C(CCO)NC(=O)Cc1ccc([N+](=O)[O-])cc1Cl. The summed E-state index contributed by atoms with van der Waals surface area (Å²) in [5.41, 5.74) is 0.237. The number of nitrogens with one attached hydrogen (secondary N) is 1. The summed E-state index contributed by atoms with van der Waals surface area (Å²) in [7, 11) is 0. The molecular weight excluding hydrogens is 308 g/mol. The predicted molar refractivity (Wildman–Crippen MR) is 84.9 cm³/mol. The number of nitrogens with zero attached hydrogens (tertiary/aromatic N) is 1. The van der Waals surface area contributed by atoms with Gasteiger partial charge in [0, 0.05) is 24.8 Å². The van der Waals surface area contributed by atoms with E-state index >= 15 is 0 Å². The van der Waals surface area contributed by atoms with Gasteiger partial charge in [0.15, 0.2) is 0 Å². The first kappa shape index (κ1) is 18.4. The highest BCUT2D eigenvalue weighted by atomic mass is 35.5. The molecule has 0 aliphatic heterocycles. The largest absolute Gasteiger partial charge is 0.396 e. The van der Waals surface area contributed by atoms with Gasteiger partial charge in [0.25, 0.3) is 5.69 Å². The van der Waals surface area contributed by atoms with E-state index in [1.165, 1.54) is 18.2 Å². The summed E-state index contributed by atoms with van der Waals surface area (Å²) in [6.07, 6.45) is 0.498. The van der Waals surface area contributed by atoms with Crippen LogP contribution in [-0.4, -0.2) is 28.6 Å². The number of rotatable bonds is 6. The average Bonchev–Trinajstić information content (AvgIpc) is 2.39. The van der Waals surface area contributed by atoms with Gasteiger partial charge in [-0.1, -0.05) is 38.4 Å². The second-order valence-corrected chi connectivity index (χ2v) is 6.62. The number of nitro benzene ring substituents is 1. The van der Waals surface area contributed by atoms with Crippen LogP contribution >= 0.6 is 11.6 Å². The Morgan fingerprint density at radius 2 is 2.09 bits per heavy atom. The third kappa shape index (κ3) is 5.27. The Morgan fingerprint density at radius 3 is 2.55 bits per heavy atom. The van der Waals surface area contributed by atoms with E-state index in [1.807, 2.05) is 20.8 Å². The van der Waals surface area contributed by atoms with Crippen LogP contribution in [0.2, 0.25) is 5.02 Å². The van der Waals surface area contributed by atoms with Gasteiger partial charge in [-0.2, -0.15) is 0 Å². The van der Waals surface area contributed by atoms with Crippen molar-refractivity contribution in [3.63, 3.8) is 0 Å². The summed E-state index contributed by atoms with van der Waals surface area (Å²) in [5.74, 6) is -0.232. The predicted octanol–water partition coefficient (Wildman–Crippen LogP) is 2.70. The van der Waals surface area contributed by atoms with Gasteiger partial charge in [-0.3, -0.25) is 14.9 Å². The summed E-state index contributed by atoms with van der Waals surface area (Å²) in [5, 5.41) is 22.8. The summed E-state index contributed by atoms with van der Waals surface area (Å²) >= 11 is 5.98. The minimum Gasteiger partial charge on any atom is -0.396 e. The molecule has 1 unspecified atom stereocenters. The van der Waals surface area contributed by atoms with E-state index in [0.29, 0.717) is 12.0 Å². The summed E-state index contributed by atoms with van der Waals surface area (Å²) in [6.45, 7) is 5.92. The van der Waals surface area contributed by atoms with Crippen LogP contribution in [0.3, 0.4) is 0 Å². The highest BCUT2D eigenvalue weighted by Gasteiger charge is 2.26. The van der Waals surface area contributed by atoms with Crippen molar-refractivity contribution < 1.29 is 14.8 Å². The fraction of sp³-hybridized carbons (Fsp3) is 0.533. The van der Waals surface area contributed by atoms with Crippen molar-refractivity contribution in [1.29, 1.82) is 0 Å². The van der Waals surface area contributed by atoms with Crippen molar-refractivity contribution in [2.24, 2.45) is 5.41 Å². The van der Waals surface area contributed by atoms with Gasteiger partial charge in [0.05, 0.1) is 16.4 Å². The highest BCUT2D eigenvalue weighted by molar-refractivity contribution is 6.31. The molecule has 0 radical (unpaired) electrons. The van der Waals surface area contributed by atoms with Crippen molar-refractivity contribution in [3.8, 4) is 0 Å². The van der Waals surface area contributed by atoms with Crippen molar-refractivity contribution in [2.75, 3.05) is 6.61 Å². The van der Waals surface area contributed by atoms with Crippen LogP contribution in [0, 0.1) is 15.5 Å². The van der Waals surface area contributed by atoms with Crippen molar-refractivity contribution in [1.82, 2.24) is 5.32 Å². The van der Waals surface area contributed by atoms with Gasteiger partial charge in [0.2, 0.25) is 5.91 Å². The number of hydrogen-bond acceptors (Lipinski definition) is 4. The Morgan fingerprint density at radius 1 is 1.45 bits per heavy atom. The number of non-ortho nitro benzene ring substituents is 1. The number of benzene rings is 1. The molecule has 0 saturated heterocycles. The van der Waals surface area contributed by atoms with E-state index in [0.717, 1.165) is 0 Å². The van der Waals surface area contributed by atoms with Gasteiger partial charge in [0.1, 0.15) is 0 Å². The molecule has 7 heteroatoms. The molecule has 6 nitrogen and oxygen atoms in total. The fourth-order valence-corrected chi connectivity index (χ4v) is 2.30. The Labute approximate surface area is 134 Å². The molecule has 0 aliphatic carbocycles. The van der Waals surface area contributed by atoms with Crippen LogP contribution in [0.5, 0.6) is 0 Å². The third-order valence-electron chi connectivity index (χ3n) is 3.40. The van der Waals surface area contributed by atoms with E-state index in [4.69, 9.17) is 16.7 Å². The number of carbonyl (C=O) groups is 1. The van der Waals surface area contributed by atoms with Crippen molar-refractivity contribution in [3.05, 3.63) is 38.9 Å². The van der Waals surface area contributed by atoms with Gasteiger partial charge >= 0.3 is 0 Å². The number of carbonyl (C=O) groups excluding carboxylic acids is 1. The molecule has 0 aromatic heterocycles. The molecule has 22 heavy (non-hydrogen) atoms. The van der Waals surface area contributed by atoms with Crippen LogP contribution in [0.1, 0.15) is 32.8 Å². The number of aliphatic hydroxyl groups excluding tert-OH is 1. The molecule has 0 spiro atoms. The second kappa shape index (κ2) is 7.56. The number of halogens is 1. The molecule has 122 valence electrons. The van der Waals surface area contributed by atoms with Crippen molar-refractivity contribution >= 4 is 23.2 Å². The first-order valence-electron chi connectivity index (χ1n) is 6.98. The molecule has 2 N–H and O–H groups in total. The minimum absolute atomic E-state index is 0.0134. The minimum atomic E-state index is -0.535. The molecule has 0 bridgehead atoms. The number of aliphatic hydroxyl groups is 1. The van der Waals surface area contributed by atoms with Gasteiger partial charge in [-0.05, 0) is 17.4 Å². The highest BCUT2D eigenvalue weighted by Crippen LogP contribution is 2.24. The monoisotopic (exact) mass is 328 g/mol. The molecule has 0 fully saturated rings. The summed E-state index contributed by atoms with van der Waals surface area (Å²) < 4.78 is 0. The normalized spacial score (nSPS) is 12.8. The molecule has 0 saturated carbocycles. The maximum Gasteiger partial charge on any atom is 0.270 e. The van der Waals surface area contributed by atoms with E-state index in [1.54, 1.807) is 0 Å². The fourth-order valence-electron chi connectivity index (χ4n) is 2.06. The molecule has 0 heterocycles. The van der Waals surface area contributed by atoms with E-state index < -0.39 is 4.92 Å². The number of nitro groups is 1. The zero-order valence-electron chi connectivity index (χ0n) is 12.9. The number of amides is 1. The third-order valence-corrected chi connectivity index (χ3v) is 3.75. The van der Waals surface area contributed by atoms with E-state index in [2.05, 4.69) is 5.32 Å². The molecule has 0 aliphatic rings. The Kier molecular flexibility index (Phi) is 6.32. The van der Waals surface area contributed by atoms with Gasteiger partial charge < -0.3 is 10.4 Å². The zero-order chi connectivity index (χ0) is 16.9. The molecule has 1 aromatic carbocycles. The van der Waals surface area contributed by atoms with E-state index in [-0.39, 0.29) is 41.1 Å². The lowest BCUT2D eigenvalue weighted by molar-refractivity contribution is -0.384. The summed E-state index contributed by atoms with van der Waals surface area (Å²) in [6, 6.07) is 3.88.